The highest BCUT2D eigenvalue weighted by atomic mass is 16.7. The normalized spacial score (nSPS) is 49.0. The van der Waals surface area contributed by atoms with Crippen molar-refractivity contribution < 1.29 is 55.1 Å². The minimum absolute atomic E-state index is 0.0783. The molecule has 0 spiro atoms. The molecule has 4 fully saturated rings. The Kier molecular flexibility index (Phi) is 9.30. The molecule has 1 heterocycles. The van der Waals surface area contributed by atoms with Gasteiger partial charge in [-0.25, -0.2) is 0 Å². The molecule has 0 radical (unpaired) electrons. The van der Waals surface area contributed by atoms with Gasteiger partial charge in [-0.15, -0.1) is 0 Å². The number of aliphatic hydroxyl groups is 8. The first-order valence-electron chi connectivity index (χ1n) is 16.4. The molecule has 0 aromatic carbocycles. The summed E-state index contributed by atoms with van der Waals surface area (Å²) in [6.45, 7) is 8.92. The summed E-state index contributed by atoms with van der Waals surface area (Å²) in [6.07, 6.45) is -4.17. The zero-order valence-electron chi connectivity index (χ0n) is 26.7. The van der Waals surface area contributed by atoms with E-state index in [0.29, 0.717) is 38.5 Å². The van der Waals surface area contributed by atoms with E-state index >= 15 is 0 Å². The number of rotatable bonds is 8. The van der Waals surface area contributed by atoms with Gasteiger partial charge in [0.1, 0.15) is 24.4 Å². The van der Waals surface area contributed by atoms with Crippen LogP contribution in [-0.2, 0) is 14.3 Å². The molecule has 3 saturated carbocycles. The van der Waals surface area contributed by atoms with Gasteiger partial charge in [-0.05, 0) is 100 Å². The lowest BCUT2D eigenvalue weighted by atomic mass is 9.46. The van der Waals surface area contributed by atoms with Gasteiger partial charge in [-0.1, -0.05) is 20.8 Å². The molecule has 1 saturated heterocycles. The first-order valence-corrected chi connectivity index (χ1v) is 16.4. The molecule has 0 aromatic rings. The fourth-order valence-electron chi connectivity index (χ4n) is 9.82. The van der Waals surface area contributed by atoms with Crippen LogP contribution in [0.5, 0.6) is 0 Å². The van der Waals surface area contributed by atoms with Crippen molar-refractivity contribution in [2.75, 3.05) is 6.61 Å². The van der Waals surface area contributed by atoms with Crippen LogP contribution in [0.25, 0.3) is 0 Å². The Morgan fingerprint density at radius 3 is 2.34 bits per heavy atom. The van der Waals surface area contributed by atoms with Gasteiger partial charge in [0, 0.05) is 11.3 Å². The summed E-state index contributed by atoms with van der Waals surface area (Å²) >= 11 is 0. The Hall–Kier alpha value is -0.990. The molecule has 0 bridgehead atoms. The van der Waals surface area contributed by atoms with E-state index in [1.807, 2.05) is 13.8 Å². The summed E-state index contributed by atoms with van der Waals surface area (Å²) in [7, 11) is 0. The molecule has 4 aliphatic carbocycles. The maximum atomic E-state index is 13.5. The van der Waals surface area contributed by atoms with Gasteiger partial charge in [0.25, 0.3) is 0 Å². The Morgan fingerprint density at radius 2 is 1.70 bits per heavy atom. The summed E-state index contributed by atoms with van der Waals surface area (Å²) in [4.78, 5) is 13.5. The number of aliphatic hydroxyl groups excluding tert-OH is 6. The molecular weight excluding hydrogens is 572 g/mol. The first kappa shape index (κ1) is 34.3. The smallest absolute Gasteiger partial charge is 0.186 e. The van der Waals surface area contributed by atoms with E-state index < -0.39 is 83.6 Å². The molecular formula is C33H54O11. The van der Waals surface area contributed by atoms with Crippen LogP contribution in [0, 0.1) is 34.5 Å². The average Bonchev–Trinajstić information content (AvgIpc) is 3.23. The Labute approximate surface area is 259 Å². The minimum Gasteiger partial charge on any atom is -0.394 e. The Bertz CT molecular complexity index is 1100. The topological polar surface area (TPSA) is 197 Å². The molecule has 11 nitrogen and oxygen atoms in total. The fraction of sp³-hybridized carbons (Fsp3) is 0.909. The molecule has 8 N–H and O–H groups in total. The van der Waals surface area contributed by atoms with Gasteiger partial charge < -0.3 is 50.3 Å². The fourth-order valence-corrected chi connectivity index (χ4v) is 9.82. The highest BCUT2D eigenvalue weighted by Gasteiger charge is 2.67. The number of carbonyl (C=O) groups is 1. The van der Waals surface area contributed by atoms with E-state index in [0.717, 1.165) is 12.0 Å². The van der Waals surface area contributed by atoms with Crippen molar-refractivity contribution in [1.29, 1.82) is 0 Å². The number of fused-ring (bicyclic) bond motifs is 5. The van der Waals surface area contributed by atoms with Gasteiger partial charge in [-0.3, -0.25) is 4.79 Å². The average molecular weight is 627 g/mol. The quantitative estimate of drug-likeness (QED) is 0.187. The Morgan fingerprint density at radius 1 is 1.02 bits per heavy atom. The zero-order chi connectivity index (χ0) is 32.6. The van der Waals surface area contributed by atoms with Crippen LogP contribution < -0.4 is 0 Å². The number of ketones is 1. The Balaban J connectivity index is 1.43. The number of carbonyl (C=O) groups excluding carboxylic acids is 1. The molecule has 252 valence electrons. The zero-order valence-corrected chi connectivity index (χ0v) is 26.7. The maximum Gasteiger partial charge on any atom is 0.186 e. The van der Waals surface area contributed by atoms with Crippen molar-refractivity contribution in [3.05, 3.63) is 11.6 Å². The minimum atomic E-state index is -1.58. The van der Waals surface area contributed by atoms with E-state index in [1.54, 1.807) is 19.9 Å². The summed E-state index contributed by atoms with van der Waals surface area (Å²) in [5.41, 5.74) is -2.73. The monoisotopic (exact) mass is 626 g/mol. The summed E-state index contributed by atoms with van der Waals surface area (Å²) < 4.78 is 12.0. The number of ether oxygens (including phenoxy) is 2. The largest absolute Gasteiger partial charge is 0.394 e. The number of allylic oxidation sites excluding steroid dienone is 1. The van der Waals surface area contributed by atoms with Crippen molar-refractivity contribution in [3.8, 4) is 0 Å². The molecule has 2 unspecified atom stereocenters. The molecule has 5 aliphatic rings. The lowest BCUT2D eigenvalue weighted by Crippen LogP contribution is -2.61. The SMILES string of the molecule is C[C@H](C(CCC(C)(C)O)OC1O[C@H](CO)[C@@H](O)[C@H](O)[C@H]1O)[C@H]1CC[C@@]2(O)C3=CC(=O)[C@@H]4C[C@@H](O)[C@@H](O)C[C@]4(C)[C@H]3CC[C@]12C. The van der Waals surface area contributed by atoms with Gasteiger partial charge >= 0.3 is 0 Å². The standard InChI is InChI=1S/C33H54O11/c1-16(24(8-9-30(2,3)41)43-29-28(40)27(39)26(38)25(15-34)44-29)17-7-11-33(42)19-12-21(35)20-13-22(36)23(37)14-31(20,4)18(19)6-10-32(17,33)5/h12,16-18,20,22-29,34,36-42H,6-11,13-15H2,1-5H3/t16-,17+,18-,20-,22+,23-,24?,25+,26+,27-,28+,29?,31+,32+,33+/m0/s1. The van der Waals surface area contributed by atoms with Crippen molar-refractivity contribution >= 4 is 5.78 Å². The third-order valence-electron chi connectivity index (χ3n) is 12.6. The van der Waals surface area contributed by atoms with E-state index in [-0.39, 0.29) is 30.0 Å². The van der Waals surface area contributed by atoms with Crippen LogP contribution in [0.3, 0.4) is 0 Å². The van der Waals surface area contributed by atoms with Gasteiger partial charge in [0.15, 0.2) is 12.1 Å². The molecule has 1 aliphatic heterocycles. The predicted octanol–water partition coefficient (Wildman–Crippen LogP) is 0.563. The summed E-state index contributed by atoms with van der Waals surface area (Å²) in [6, 6.07) is 0. The van der Waals surface area contributed by atoms with Gasteiger partial charge in [0.2, 0.25) is 0 Å². The molecule has 5 rings (SSSR count). The lowest BCUT2D eigenvalue weighted by molar-refractivity contribution is -0.317. The molecule has 11 heteroatoms. The number of hydrogen-bond donors (Lipinski definition) is 8. The van der Waals surface area contributed by atoms with Crippen LogP contribution >= 0.6 is 0 Å². The van der Waals surface area contributed by atoms with E-state index in [4.69, 9.17) is 9.47 Å². The summed E-state index contributed by atoms with van der Waals surface area (Å²) in [5, 5.41) is 85.2. The van der Waals surface area contributed by atoms with Crippen molar-refractivity contribution in [1.82, 2.24) is 0 Å². The summed E-state index contributed by atoms with van der Waals surface area (Å²) in [5.74, 6) is -0.902. The highest BCUT2D eigenvalue weighted by molar-refractivity contribution is 5.95. The van der Waals surface area contributed by atoms with Crippen LogP contribution in [0.15, 0.2) is 11.6 Å². The van der Waals surface area contributed by atoms with Crippen molar-refractivity contribution in [3.63, 3.8) is 0 Å². The van der Waals surface area contributed by atoms with Crippen molar-refractivity contribution in [2.45, 2.75) is 146 Å². The third kappa shape index (κ3) is 5.52. The third-order valence-corrected chi connectivity index (χ3v) is 12.6. The second-order valence-electron chi connectivity index (χ2n) is 15.7. The van der Waals surface area contributed by atoms with Crippen LogP contribution in [-0.4, -0.2) is 113 Å². The molecule has 0 aromatic heterocycles. The van der Waals surface area contributed by atoms with Crippen molar-refractivity contribution in [2.24, 2.45) is 34.5 Å². The second-order valence-corrected chi connectivity index (χ2v) is 15.7. The highest BCUT2D eigenvalue weighted by Crippen LogP contribution is 2.68. The predicted molar refractivity (Wildman–Crippen MR) is 158 cm³/mol. The lowest BCUT2D eigenvalue weighted by Gasteiger charge is -2.60. The van der Waals surface area contributed by atoms with E-state index in [1.165, 1.54) is 0 Å². The van der Waals surface area contributed by atoms with Crippen LogP contribution in [0.4, 0.5) is 0 Å². The second kappa shape index (κ2) is 11.9. The van der Waals surface area contributed by atoms with E-state index in [9.17, 15) is 45.6 Å². The molecule has 0 amide bonds. The van der Waals surface area contributed by atoms with Crippen LogP contribution in [0.2, 0.25) is 0 Å². The van der Waals surface area contributed by atoms with Crippen LogP contribution in [0.1, 0.15) is 86.0 Å². The van der Waals surface area contributed by atoms with Gasteiger partial charge in [0.05, 0.1) is 36.1 Å². The van der Waals surface area contributed by atoms with Gasteiger partial charge in [-0.2, -0.15) is 0 Å². The van der Waals surface area contributed by atoms with E-state index in [2.05, 4.69) is 6.92 Å². The molecule has 44 heavy (non-hydrogen) atoms. The number of hydrogen-bond acceptors (Lipinski definition) is 11. The first-order chi connectivity index (χ1) is 20.4. The maximum absolute atomic E-state index is 13.5. The molecule has 15 atom stereocenters.